The minimum Gasteiger partial charge on any atom is -0.490 e. The second kappa shape index (κ2) is 14.4. The summed E-state index contributed by atoms with van der Waals surface area (Å²) in [7, 11) is -2.94. The molecule has 10 heteroatoms. The van der Waals surface area contributed by atoms with E-state index >= 15 is 0 Å². The molecule has 1 amide bonds. The quantitative estimate of drug-likeness (QED) is 0.349. The first-order valence-electron chi connectivity index (χ1n) is 20.1. The molecular weight excluding hydrogens is 692 g/mol. The topological polar surface area (TPSA) is 85.3 Å². The zero-order valence-corrected chi connectivity index (χ0v) is 32.9. The summed E-state index contributed by atoms with van der Waals surface area (Å²) in [5.41, 5.74) is 2.93. The summed E-state index contributed by atoms with van der Waals surface area (Å²) in [4.78, 5) is 21.5. The van der Waals surface area contributed by atoms with Crippen LogP contribution in [0.1, 0.15) is 99.5 Å². The molecule has 4 aliphatic heterocycles. The first-order chi connectivity index (χ1) is 24.9. The number of β-amino-alcohol motifs (C(OH)–C–C–N with tert-alkyl or cyclic N) is 1. The molecule has 1 saturated carbocycles. The van der Waals surface area contributed by atoms with E-state index in [0.29, 0.717) is 30.7 Å². The van der Waals surface area contributed by atoms with Gasteiger partial charge in [-0.2, -0.15) is 0 Å². The van der Waals surface area contributed by atoms with Crippen LogP contribution < -0.4 is 14.4 Å². The Morgan fingerprint density at radius 1 is 1.00 bits per heavy atom. The maximum atomic E-state index is 14.0. The number of amides is 1. The van der Waals surface area contributed by atoms with E-state index in [0.717, 1.165) is 101 Å². The number of benzene rings is 2. The van der Waals surface area contributed by atoms with E-state index in [4.69, 9.17) is 16.3 Å². The highest BCUT2D eigenvalue weighted by Crippen LogP contribution is 2.49. The van der Waals surface area contributed by atoms with Gasteiger partial charge in [0.25, 0.3) is 5.91 Å². The van der Waals surface area contributed by atoms with Gasteiger partial charge in [-0.05, 0) is 136 Å². The fourth-order valence-corrected chi connectivity index (χ4v) is 12.5. The number of piperazine rings is 1. The molecule has 52 heavy (non-hydrogen) atoms. The summed E-state index contributed by atoms with van der Waals surface area (Å²) < 4.78 is 23.6. The molecule has 4 heterocycles. The molecule has 2 aromatic carbocycles. The van der Waals surface area contributed by atoms with Crippen molar-refractivity contribution in [3.63, 3.8) is 0 Å². The van der Waals surface area contributed by atoms with Crippen molar-refractivity contribution >= 4 is 38.8 Å². The number of nitrogens with zero attached hydrogens (tertiary/aromatic N) is 3. The van der Waals surface area contributed by atoms with Gasteiger partial charge in [0.2, 0.25) is 0 Å². The fraction of sp³-hybridized carbons (Fsp3) is 0.667. The third kappa shape index (κ3) is 7.02. The number of carbonyl (C=O) groups excluding carboxylic acids is 1. The average molecular weight is 751 g/mol. The molecule has 2 bridgehead atoms. The van der Waals surface area contributed by atoms with Gasteiger partial charge in [0.15, 0.2) is 0 Å². The van der Waals surface area contributed by atoms with Gasteiger partial charge >= 0.3 is 0 Å². The minimum absolute atomic E-state index is 0.0748. The SMILES string of the molecule is C=S1(=O)NC(=O)c2ccc3c(c2)N(C[C@@H]2CC[C@H]2[C@@](O)(CN2CCN4CCCC[C@@H]4C2)CCC[C@H](C)[C@H]1C)C[C@@]1(CCCc2cc(Cl)ccc21)CO3. The zero-order chi connectivity index (χ0) is 36.3. The van der Waals surface area contributed by atoms with Gasteiger partial charge in [0.1, 0.15) is 5.75 Å². The van der Waals surface area contributed by atoms with Gasteiger partial charge in [-0.1, -0.05) is 37.4 Å². The predicted octanol–water partition coefficient (Wildman–Crippen LogP) is 6.31. The van der Waals surface area contributed by atoms with Crippen LogP contribution in [0.5, 0.6) is 5.75 Å². The molecule has 0 radical (unpaired) electrons. The Morgan fingerprint density at radius 2 is 1.87 bits per heavy atom. The van der Waals surface area contributed by atoms with E-state index in [-0.39, 0.29) is 28.4 Å². The highest BCUT2D eigenvalue weighted by molar-refractivity contribution is 7.99. The lowest BCUT2D eigenvalue weighted by atomic mass is 9.62. The van der Waals surface area contributed by atoms with Crippen molar-refractivity contribution < 1.29 is 18.8 Å². The molecule has 1 unspecified atom stereocenters. The Kier molecular flexibility index (Phi) is 10.2. The van der Waals surface area contributed by atoms with Crippen LogP contribution in [0.4, 0.5) is 5.69 Å². The molecule has 2 saturated heterocycles. The lowest BCUT2D eigenvalue weighted by Gasteiger charge is -2.53. The Bertz CT molecular complexity index is 1770. The van der Waals surface area contributed by atoms with Crippen LogP contribution in [0, 0.1) is 17.8 Å². The number of halogens is 1. The van der Waals surface area contributed by atoms with E-state index < -0.39 is 15.3 Å². The number of aliphatic hydroxyl groups is 1. The summed E-state index contributed by atoms with van der Waals surface area (Å²) in [6.45, 7) is 11.2. The van der Waals surface area contributed by atoms with Crippen LogP contribution in [0.25, 0.3) is 0 Å². The number of ether oxygens (including phenoxy) is 1. The van der Waals surface area contributed by atoms with Crippen molar-refractivity contribution in [1.82, 2.24) is 14.5 Å². The number of aryl methyl sites for hydroxylation is 1. The number of anilines is 1. The number of carbonyl (C=O) groups is 1. The second-order valence-corrected chi connectivity index (χ2v) is 20.3. The number of fused-ring (bicyclic) bond motifs is 5. The van der Waals surface area contributed by atoms with Crippen molar-refractivity contribution in [2.24, 2.45) is 17.8 Å². The van der Waals surface area contributed by atoms with Crippen LogP contribution in [0.15, 0.2) is 36.4 Å². The van der Waals surface area contributed by atoms with Crippen molar-refractivity contribution in [1.29, 1.82) is 0 Å². The molecule has 8 nitrogen and oxygen atoms in total. The molecule has 284 valence electrons. The van der Waals surface area contributed by atoms with E-state index in [1.54, 1.807) is 6.07 Å². The van der Waals surface area contributed by atoms with Crippen molar-refractivity contribution in [3.8, 4) is 5.75 Å². The zero-order valence-electron chi connectivity index (χ0n) is 31.3. The molecule has 1 spiro atoms. The van der Waals surface area contributed by atoms with Crippen LogP contribution in [0.2, 0.25) is 5.02 Å². The third-order valence-electron chi connectivity index (χ3n) is 14.2. The minimum atomic E-state index is -2.94. The Balaban J connectivity index is 1.16. The highest BCUT2D eigenvalue weighted by atomic mass is 35.5. The summed E-state index contributed by atoms with van der Waals surface area (Å²) in [6, 6.07) is 12.6. The largest absolute Gasteiger partial charge is 0.490 e. The molecule has 8 rings (SSSR count). The van der Waals surface area contributed by atoms with E-state index in [1.165, 1.54) is 36.9 Å². The van der Waals surface area contributed by atoms with E-state index in [2.05, 4.69) is 44.3 Å². The lowest BCUT2D eigenvalue weighted by molar-refractivity contribution is -0.114. The van der Waals surface area contributed by atoms with E-state index in [1.807, 2.05) is 25.1 Å². The van der Waals surface area contributed by atoms with Crippen LogP contribution in [0.3, 0.4) is 0 Å². The maximum absolute atomic E-state index is 14.0. The Labute approximate surface area is 316 Å². The highest BCUT2D eigenvalue weighted by Gasteiger charge is 2.50. The molecular formula is C42H59ClN4O4S. The summed E-state index contributed by atoms with van der Waals surface area (Å²) in [5.74, 6) is 5.06. The molecule has 8 atom stereocenters. The molecule has 6 aliphatic rings. The number of piperidine rings is 1. The predicted molar refractivity (Wildman–Crippen MR) is 212 cm³/mol. The third-order valence-corrected chi connectivity index (χ3v) is 16.6. The standard InChI is InChI=1S/C42H59ClN4O4S/c1-29-8-6-18-42(49,27-45-20-21-46-19-5-4-10-35(46)25-45)37-14-11-33(37)24-47-26-41(17-7-9-31-22-34(43)13-15-36(31)41)28-51-39-16-12-32(23-38(39)47)40(48)44-52(3,50)30(29)2/h12-13,15-16,22-23,29-30,33,35,37,49H,3-11,14,17-21,24-28H2,1-2H3,(H,44,48,50)/t29-,30+,33-,35+,37+,41-,42-,52?/m0/s1. The molecule has 0 aromatic heterocycles. The van der Waals surface area contributed by atoms with Crippen molar-refractivity contribution in [3.05, 3.63) is 58.1 Å². The maximum Gasteiger partial charge on any atom is 0.262 e. The first-order valence-corrected chi connectivity index (χ1v) is 22.3. The summed E-state index contributed by atoms with van der Waals surface area (Å²) in [5, 5.41) is 13.4. The fourth-order valence-electron chi connectivity index (χ4n) is 10.8. The van der Waals surface area contributed by atoms with Gasteiger partial charge in [-0.15, -0.1) is 0 Å². The number of rotatable bonds is 2. The Hall–Kier alpha value is -2.30. The van der Waals surface area contributed by atoms with Crippen LogP contribution in [-0.4, -0.2) is 100 Å². The number of nitrogens with one attached hydrogen (secondary N) is 1. The van der Waals surface area contributed by atoms with Gasteiger partial charge in [0, 0.05) is 66.6 Å². The van der Waals surface area contributed by atoms with Gasteiger partial charge in [-0.3, -0.25) is 19.3 Å². The Morgan fingerprint density at radius 3 is 2.69 bits per heavy atom. The number of hydrogen-bond donors (Lipinski definition) is 2. The summed E-state index contributed by atoms with van der Waals surface area (Å²) >= 11 is 6.51. The molecule has 3 fully saturated rings. The monoisotopic (exact) mass is 750 g/mol. The molecule has 2 aromatic rings. The van der Waals surface area contributed by atoms with E-state index in [9.17, 15) is 14.1 Å². The molecule has 2 aliphatic carbocycles. The smallest absolute Gasteiger partial charge is 0.262 e. The normalized spacial score (nSPS) is 37.4. The number of hydrogen-bond acceptors (Lipinski definition) is 7. The van der Waals surface area contributed by atoms with Gasteiger partial charge < -0.3 is 14.7 Å². The van der Waals surface area contributed by atoms with Gasteiger partial charge in [0.05, 0.1) is 27.6 Å². The summed E-state index contributed by atoms with van der Waals surface area (Å²) in [6.07, 6.45) is 11.4. The lowest BCUT2D eigenvalue weighted by Crippen LogP contribution is -2.61. The van der Waals surface area contributed by atoms with Crippen LogP contribution in [-0.2, 0) is 21.5 Å². The average Bonchev–Trinajstić information content (AvgIpc) is 3.25. The van der Waals surface area contributed by atoms with Gasteiger partial charge in [-0.25, -0.2) is 4.21 Å². The van der Waals surface area contributed by atoms with Crippen molar-refractivity contribution in [2.45, 2.75) is 107 Å². The van der Waals surface area contributed by atoms with Crippen LogP contribution >= 0.6 is 11.6 Å². The first kappa shape index (κ1) is 36.7. The second-order valence-electron chi connectivity index (χ2n) is 17.5. The van der Waals surface area contributed by atoms with Crippen molar-refractivity contribution in [2.75, 3.05) is 57.3 Å². The molecule has 2 N–H and O–H groups in total.